The van der Waals surface area contributed by atoms with Crippen molar-refractivity contribution in [3.8, 4) is 5.75 Å². The van der Waals surface area contributed by atoms with E-state index in [4.69, 9.17) is 21.2 Å². The molecule has 0 saturated carbocycles. The molecule has 0 aromatic heterocycles. The van der Waals surface area contributed by atoms with Gasteiger partial charge in [0.1, 0.15) is 10.6 Å². The second-order valence-corrected chi connectivity index (χ2v) is 7.86. The molecular formula is C25H20ClNO5. The van der Waals surface area contributed by atoms with Gasteiger partial charge < -0.3 is 9.57 Å². The molecule has 1 aliphatic heterocycles. The Kier molecular flexibility index (Phi) is 5.97. The molecular weight excluding hydrogens is 430 g/mol. The van der Waals surface area contributed by atoms with Gasteiger partial charge in [0.15, 0.2) is 0 Å². The number of ether oxygens (including phenoxy) is 1. The molecule has 1 fully saturated rings. The number of methoxy groups -OCH3 is 1. The molecule has 2 amide bonds. The van der Waals surface area contributed by atoms with Crippen LogP contribution in [0.2, 0.25) is 0 Å². The van der Waals surface area contributed by atoms with Crippen molar-refractivity contribution in [3.05, 3.63) is 101 Å². The van der Waals surface area contributed by atoms with Gasteiger partial charge in [-0.2, -0.15) is 0 Å². The molecule has 1 atom stereocenters. The number of hydrogen-bond acceptors (Lipinski definition) is 5. The number of amides is 2. The largest absolute Gasteiger partial charge is 0.497 e. The summed E-state index contributed by atoms with van der Waals surface area (Å²) in [6, 6.07) is 23.6. The van der Waals surface area contributed by atoms with Crippen LogP contribution in [-0.4, -0.2) is 30.0 Å². The standard InChI is InChI=1S/C25H20ClNO5/c1-31-21-13-11-20(12-14-21)25(26,18-5-3-2-4-6-18)19-9-7-17(8-10-19)24(30)32-27-22(28)15-16-23(27)29/h2-14H,15-16H2,1H3. The van der Waals surface area contributed by atoms with Gasteiger partial charge in [0.05, 0.1) is 12.7 Å². The van der Waals surface area contributed by atoms with E-state index in [1.165, 1.54) is 0 Å². The Balaban J connectivity index is 1.67. The first-order chi connectivity index (χ1) is 15.4. The maximum Gasteiger partial charge on any atom is 0.363 e. The number of benzene rings is 3. The third-order valence-electron chi connectivity index (χ3n) is 5.36. The third kappa shape index (κ3) is 3.97. The summed E-state index contributed by atoms with van der Waals surface area (Å²) in [5.74, 6) is -1.12. The van der Waals surface area contributed by atoms with Gasteiger partial charge in [0.25, 0.3) is 11.8 Å². The smallest absolute Gasteiger partial charge is 0.363 e. The van der Waals surface area contributed by atoms with Crippen LogP contribution in [0.1, 0.15) is 39.9 Å². The Morgan fingerprint density at radius 3 is 1.84 bits per heavy atom. The lowest BCUT2D eigenvalue weighted by Crippen LogP contribution is -2.32. The van der Waals surface area contributed by atoms with Crippen LogP contribution in [0.4, 0.5) is 0 Å². The Morgan fingerprint density at radius 1 is 0.812 bits per heavy atom. The molecule has 0 spiro atoms. The predicted molar refractivity (Wildman–Crippen MR) is 118 cm³/mol. The molecule has 7 heteroatoms. The van der Waals surface area contributed by atoms with Crippen LogP contribution in [0.3, 0.4) is 0 Å². The normalized spacial score (nSPS) is 15.4. The summed E-state index contributed by atoms with van der Waals surface area (Å²) >= 11 is 7.26. The number of hydrogen-bond donors (Lipinski definition) is 0. The van der Waals surface area contributed by atoms with E-state index in [2.05, 4.69) is 0 Å². The monoisotopic (exact) mass is 449 g/mol. The molecule has 1 saturated heterocycles. The highest BCUT2D eigenvalue weighted by Gasteiger charge is 2.35. The summed E-state index contributed by atoms with van der Waals surface area (Å²) in [5.41, 5.74) is 2.62. The van der Waals surface area contributed by atoms with E-state index in [0.717, 1.165) is 16.7 Å². The average molecular weight is 450 g/mol. The number of imide groups is 1. The highest BCUT2D eigenvalue weighted by Crippen LogP contribution is 2.43. The van der Waals surface area contributed by atoms with Crippen molar-refractivity contribution in [2.24, 2.45) is 0 Å². The second-order valence-electron chi connectivity index (χ2n) is 7.29. The maximum absolute atomic E-state index is 12.4. The molecule has 4 rings (SSSR count). The first-order valence-corrected chi connectivity index (χ1v) is 10.4. The van der Waals surface area contributed by atoms with Gasteiger partial charge in [-0.1, -0.05) is 54.6 Å². The topological polar surface area (TPSA) is 72.9 Å². The molecule has 1 unspecified atom stereocenters. The Hall–Kier alpha value is -3.64. The third-order valence-corrected chi connectivity index (χ3v) is 6.01. The van der Waals surface area contributed by atoms with Crippen molar-refractivity contribution in [2.75, 3.05) is 7.11 Å². The fraction of sp³-hybridized carbons (Fsp3) is 0.160. The summed E-state index contributed by atoms with van der Waals surface area (Å²) in [7, 11) is 1.60. The highest BCUT2D eigenvalue weighted by molar-refractivity contribution is 6.28. The average Bonchev–Trinajstić information content (AvgIpc) is 3.16. The zero-order valence-corrected chi connectivity index (χ0v) is 18.0. The minimum absolute atomic E-state index is 0.0404. The Labute approximate surface area is 190 Å². The quantitative estimate of drug-likeness (QED) is 0.316. The minimum Gasteiger partial charge on any atom is -0.497 e. The number of nitrogens with zero attached hydrogens (tertiary/aromatic N) is 1. The number of carbonyl (C=O) groups is 3. The zero-order chi connectivity index (χ0) is 22.7. The molecule has 0 radical (unpaired) electrons. The number of rotatable bonds is 6. The molecule has 0 bridgehead atoms. The van der Waals surface area contributed by atoms with Crippen LogP contribution in [-0.2, 0) is 19.3 Å². The Morgan fingerprint density at radius 2 is 1.31 bits per heavy atom. The van der Waals surface area contributed by atoms with Gasteiger partial charge in [0, 0.05) is 12.8 Å². The summed E-state index contributed by atoms with van der Waals surface area (Å²) in [6.07, 6.45) is 0.0809. The van der Waals surface area contributed by atoms with E-state index in [0.29, 0.717) is 10.8 Å². The summed E-state index contributed by atoms with van der Waals surface area (Å²) < 4.78 is 5.26. The summed E-state index contributed by atoms with van der Waals surface area (Å²) in [6.45, 7) is 0. The van der Waals surface area contributed by atoms with E-state index >= 15 is 0 Å². The van der Waals surface area contributed by atoms with E-state index in [1.54, 1.807) is 31.4 Å². The predicted octanol–water partition coefficient (Wildman–Crippen LogP) is 4.45. The molecule has 1 aliphatic rings. The van der Waals surface area contributed by atoms with Crippen molar-refractivity contribution in [2.45, 2.75) is 17.7 Å². The van der Waals surface area contributed by atoms with Gasteiger partial charge in [-0.15, -0.1) is 16.7 Å². The van der Waals surface area contributed by atoms with Gasteiger partial charge >= 0.3 is 5.97 Å². The van der Waals surface area contributed by atoms with Crippen molar-refractivity contribution in [1.29, 1.82) is 0 Å². The lowest BCUT2D eigenvalue weighted by molar-refractivity contribution is -0.172. The van der Waals surface area contributed by atoms with Crippen LogP contribution in [0.15, 0.2) is 78.9 Å². The minimum atomic E-state index is -1.02. The lowest BCUT2D eigenvalue weighted by atomic mass is 9.84. The first-order valence-electron chi connectivity index (χ1n) is 10.0. The molecule has 0 N–H and O–H groups in total. The van der Waals surface area contributed by atoms with Crippen LogP contribution in [0.5, 0.6) is 5.75 Å². The Bertz CT molecular complexity index is 1130. The van der Waals surface area contributed by atoms with Crippen molar-refractivity contribution >= 4 is 29.4 Å². The van der Waals surface area contributed by atoms with Crippen LogP contribution in [0, 0.1) is 0 Å². The van der Waals surface area contributed by atoms with E-state index in [1.807, 2.05) is 54.6 Å². The van der Waals surface area contributed by atoms with Gasteiger partial charge in [-0.05, 0) is 41.0 Å². The summed E-state index contributed by atoms with van der Waals surface area (Å²) in [4.78, 5) is 39.8. The fourth-order valence-electron chi connectivity index (χ4n) is 3.62. The number of hydroxylamine groups is 2. The van der Waals surface area contributed by atoms with Crippen LogP contribution >= 0.6 is 11.6 Å². The van der Waals surface area contributed by atoms with Gasteiger partial charge in [-0.25, -0.2) is 4.79 Å². The fourth-order valence-corrected chi connectivity index (χ4v) is 4.00. The highest BCUT2D eigenvalue weighted by atomic mass is 35.5. The van der Waals surface area contributed by atoms with E-state index in [-0.39, 0.29) is 18.4 Å². The molecule has 32 heavy (non-hydrogen) atoms. The summed E-state index contributed by atoms with van der Waals surface area (Å²) in [5, 5.41) is 0.531. The van der Waals surface area contributed by atoms with E-state index < -0.39 is 22.7 Å². The van der Waals surface area contributed by atoms with Crippen molar-refractivity contribution < 1.29 is 24.0 Å². The maximum atomic E-state index is 12.4. The SMILES string of the molecule is COc1ccc(C(Cl)(c2ccccc2)c2ccc(C(=O)ON3C(=O)CCC3=O)cc2)cc1. The molecule has 3 aromatic carbocycles. The van der Waals surface area contributed by atoms with E-state index in [9.17, 15) is 14.4 Å². The molecule has 0 aliphatic carbocycles. The van der Waals surface area contributed by atoms with Gasteiger partial charge in [0.2, 0.25) is 0 Å². The van der Waals surface area contributed by atoms with Crippen molar-refractivity contribution in [1.82, 2.24) is 5.06 Å². The zero-order valence-electron chi connectivity index (χ0n) is 17.3. The first kappa shape index (κ1) is 21.6. The molecule has 1 heterocycles. The number of carbonyl (C=O) groups excluding carboxylic acids is 3. The molecule has 162 valence electrons. The lowest BCUT2D eigenvalue weighted by Gasteiger charge is -2.29. The number of halogens is 1. The molecule has 6 nitrogen and oxygen atoms in total. The van der Waals surface area contributed by atoms with Gasteiger partial charge in [-0.3, -0.25) is 9.59 Å². The second kappa shape index (κ2) is 8.85. The van der Waals surface area contributed by atoms with Crippen molar-refractivity contribution in [3.63, 3.8) is 0 Å². The number of alkyl halides is 1. The molecule has 3 aromatic rings. The van der Waals surface area contributed by atoms with Crippen LogP contribution in [0.25, 0.3) is 0 Å². The van der Waals surface area contributed by atoms with Crippen LogP contribution < -0.4 is 4.74 Å².